The number of halogens is 3. The first-order valence-electron chi connectivity index (χ1n) is 32.0. The summed E-state index contributed by atoms with van der Waals surface area (Å²) < 4.78 is 22.1. The number of benzene rings is 7. The number of fused-ring (bicyclic) bond motifs is 1. The molecule has 2 unspecified atom stereocenters. The van der Waals surface area contributed by atoms with Crippen molar-refractivity contribution in [3.8, 4) is 44.5 Å². The van der Waals surface area contributed by atoms with Crippen LogP contribution in [0.15, 0.2) is 228 Å². The van der Waals surface area contributed by atoms with Crippen LogP contribution in [0.2, 0.25) is 0 Å². The van der Waals surface area contributed by atoms with Gasteiger partial charge in [0.05, 0.1) is 42.9 Å². The molecule has 12 rings (SSSR count). The van der Waals surface area contributed by atoms with Gasteiger partial charge in [-0.15, -0.1) is 0 Å². The number of nitrogens with one attached hydrogen (secondary N) is 3. The van der Waals surface area contributed by atoms with Crippen LogP contribution in [0, 0.1) is 33.6 Å². The number of anilines is 4. The Balaban J connectivity index is 0.000000159. The van der Waals surface area contributed by atoms with Gasteiger partial charge < -0.3 is 25.6 Å². The van der Waals surface area contributed by atoms with E-state index in [1.807, 2.05) is 186 Å². The Hall–Kier alpha value is -9.48. The Morgan fingerprint density at radius 3 is 1.40 bits per heavy atom. The van der Waals surface area contributed by atoms with Crippen LogP contribution in [-0.2, 0) is 19.1 Å². The predicted octanol–water partition coefficient (Wildman–Crippen LogP) is 18.9. The molecule has 3 atom stereocenters. The van der Waals surface area contributed by atoms with Crippen molar-refractivity contribution < 1.29 is 23.5 Å². The first-order valence-corrected chi connectivity index (χ1v) is 33.5. The topological polar surface area (TPSA) is 156 Å². The van der Waals surface area contributed by atoms with E-state index in [9.17, 15) is 18.8 Å². The van der Waals surface area contributed by atoms with Gasteiger partial charge in [-0.05, 0) is 224 Å². The number of nitrogens with zero attached hydrogens (tertiary/aromatic N) is 6. The van der Waals surface area contributed by atoms with E-state index in [0.717, 1.165) is 137 Å². The van der Waals surface area contributed by atoms with E-state index in [0.29, 0.717) is 11.6 Å². The third-order valence-electron chi connectivity index (χ3n) is 16.6. The Morgan fingerprint density at radius 1 is 0.495 bits per heavy atom. The van der Waals surface area contributed by atoms with Crippen molar-refractivity contribution in [3.63, 3.8) is 0 Å². The molecule has 1 fully saturated rings. The quantitative estimate of drug-likeness (QED) is 0.0761. The Morgan fingerprint density at radius 2 is 0.937 bits per heavy atom. The molecule has 11 aromatic rings. The van der Waals surface area contributed by atoms with Crippen molar-refractivity contribution in [3.05, 3.63) is 262 Å². The summed E-state index contributed by atoms with van der Waals surface area (Å²) in [7, 11) is 0. The molecule has 0 saturated carbocycles. The van der Waals surface area contributed by atoms with Crippen LogP contribution in [0.4, 0.5) is 27.1 Å². The van der Waals surface area contributed by atoms with E-state index in [-0.39, 0.29) is 30.1 Å². The van der Waals surface area contributed by atoms with Crippen LogP contribution in [0.25, 0.3) is 55.4 Å². The first kappa shape index (κ1) is 68.4. The van der Waals surface area contributed by atoms with Crippen molar-refractivity contribution >= 4 is 83.2 Å². The SMILES string of the molecule is Cc1cc(-c2ccc(NC(=O)C(C)n3nc(C)c4cc(Br)ccc43)cc2)ccn1.Cc1cc(-c2ccc(NC(=O)C(CC(C)C)c3ccc(-c4ccc(N5CCOCC5)cc4)cc3)cc2)ccn1.Cc1cc(-c2ccc(NC(=O)[C@H](CCF)c3cccc(Br)c3)cc2)ccn1. The molecule has 7 aromatic carbocycles. The van der Waals surface area contributed by atoms with Crippen LogP contribution in [0.5, 0.6) is 0 Å². The summed E-state index contributed by atoms with van der Waals surface area (Å²) in [4.78, 5) is 54.1. The standard InChI is InChI=1S/C34H37N3O2.C23H21BrN4O.C22H20BrFN2O/c1-24(2)22-33(34(38)36-31-12-8-28(9-13-31)30-16-17-35-25(3)23-30)29-6-4-26(5-7-29)27-10-14-32(15-11-27)37-18-20-39-21-19-37;1-14-12-18(10-11-25-14)17-4-7-20(8-5-17)26-23(29)16(3)28-22-9-6-19(24)13-21(22)15(2)27-28;1-15-13-17(10-12-25-15)16-5-7-20(8-6-16)26-22(27)21(9-11-24)18-3-2-4-19(23)14-18/h4-17,23-24,33H,18-22H2,1-3H3,(H,36,38);4-13,16H,1-3H3,(H,26,29);2-8,10,12-14,21H,9,11H2,1H3,(H,26,27)/t;;21-/m..1/s1. The number of alkyl halides is 1. The second-order valence-corrected chi connectivity index (χ2v) is 26.0. The Bertz CT molecular complexity index is 4390. The molecule has 5 heterocycles. The van der Waals surface area contributed by atoms with Gasteiger partial charge >= 0.3 is 0 Å². The fourth-order valence-electron chi connectivity index (χ4n) is 11.5. The molecule has 3 N–H and O–H groups in total. The number of hydrogen-bond acceptors (Lipinski definition) is 9. The highest BCUT2D eigenvalue weighted by Gasteiger charge is 2.25. The maximum atomic E-state index is 13.5. The van der Waals surface area contributed by atoms with Gasteiger partial charge in [-0.1, -0.05) is 131 Å². The summed E-state index contributed by atoms with van der Waals surface area (Å²) in [6.07, 6.45) is 6.34. The zero-order valence-electron chi connectivity index (χ0n) is 54.5. The molecule has 484 valence electrons. The molecule has 1 aliphatic rings. The number of hydrogen-bond donors (Lipinski definition) is 3. The average Bonchev–Trinajstić information content (AvgIpc) is 1.68. The van der Waals surface area contributed by atoms with Gasteiger partial charge in [-0.2, -0.15) is 5.10 Å². The van der Waals surface area contributed by atoms with Gasteiger partial charge in [-0.25, -0.2) is 0 Å². The lowest BCUT2D eigenvalue weighted by Crippen LogP contribution is -2.36. The van der Waals surface area contributed by atoms with Crippen LogP contribution < -0.4 is 20.9 Å². The highest BCUT2D eigenvalue weighted by Crippen LogP contribution is 2.33. The van der Waals surface area contributed by atoms with Gasteiger partial charge in [-0.3, -0.25) is 38.4 Å². The molecule has 3 amide bonds. The van der Waals surface area contributed by atoms with Gasteiger partial charge in [0.25, 0.3) is 0 Å². The van der Waals surface area contributed by atoms with Crippen molar-refractivity contribution in [2.45, 2.75) is 79.2 Å². The molecule has 4 aromatic heterocycles. The van der Waals surface area contributed by atoms with Crippen molar-refractivity contribution in [2.75, 3.05) is 53.8 Å². The van der Waals surface area contributed by atoms with E-state index in [1.54, 1.807) is 17.1 Å². The monoisotopic (exact) mass is 1390 g/mol. The number of pyridine rings is 3. The summed E-state index contributed by atoms with van der Waals surface area (Å²) in [5.74, 6) is -0.646. The molecule has 0 spiro atoms. The Kier molecular flexibility index (Phi) is 23.5. The van der Waals surface area contributed by atoms with Gasteiger partial charge in [0.2, 0.25) is 17.7 Å². The molecule has 95 heavy (non-hydrogen) atoms. The first-order chi connectivity index (χ1) is 45.9. The molecule has 0 bridgehead atoms. The van der Waals surface area contributed by atoms with E-state index in [2.05, 4.69) is 141 Å². The lowest BCUT2D eigenvalue weighted by molar-refractivity contribution is -0.119. The Labute approximate surface area is 572 Å². The zero-order valence-corrected chi connectivity index (χ0v) is 57.7. The van der Waals surface area contributed by atoms with Gasteiger partial charge in [0.1, 0.15) is 6.04 Å². The molecular formula is C79H78Br2FN9O4. The largest absolute Gasteiger partial charge is 0.378 e. The van der Waals surface area contributed by atoms with E-state index in [4.69, 9.17) is 4.74 Å². The summed E-state index contributed by atoms with van der Waals surface area (Å²) in [6.45, 7) is 16.9. The smallest absolute Gasteiger partial charge is 0.248 e. The average molecular weight is 1400 g/mol. The maximum Gasteiger partial charge on any atom is 0.248 e. The normalized spacial score (nSPS) is 12.9. The van der Waals surface area contributed by atoms with E-state index >= 15 is 0 Å². The summed E-state index contributed by atoms with van der Waals surface area (Å²) in [5, 5.41) is 14.7. The minimum Gasteiger partial charge on any atom is -0.378 e. The van der Waals surface area contributed by atoms with E-state index in [1.165, 1.54) is 11.3 Å². The minimum atomic E-state index is -0.551. The molecule has 1 aliphatic heterocycles. The minimum absolute atomic E-state index is 0.0267. The van der Waals surface area contributed by atoms with Crippen LogP contribution in [0.3, 0.4) is 0 Å². The predicted molar refractivity (Wildman–Crippen MR) is 391 cm³/mol. The second kappa shape index (κ2) is 32.6. The lowest BCUT2D eigenvalue weighted by atomic mass is 9.88. The summed E-state index contributed by atoms with van der Waals surface area (Å²) in [5.41, 5.74) is 18.9. The third kappa shape index (κ3) is 18.5. The number of rotatable bonds is 18. The zero-order chi connectivity index (χ0) is 67.0. The summed E-state index contributed by atoms with van der Waals surface area (Å²) >= 11 is 6.90. The fraction of sp³-hybridized carbons (Fsp3) is 0.228. The van der Waals surface area contributed by atoms with E-state index < -0.39 is 18.6 Å². The molecular weight excluding hydrogens is 1320 g/mol. The molecule has 0 radical (unpaired) electrons. The van der Waals surface area contributed by atoms with Crippen molar-refractivity contribution in [1.82, 2.24) is 24.7 Å². The van der Waals surface area contributed by atoms with Crippen LogP contribution in [-0.4, -0.2) is 75.4 Å². The summed E-state index contributed by atoms with van der Waals surface area (Å²) in [6, 6.07) is 65.7. The number of carbonyl (C=O) groups is 3. The maximum absolute atomic E-state index is 13.5. The highest BCUT2D eigenvalue weighted by atomic mass is 79.9. The fourth-order valence-corrected chi connectivity index (χ4v) is 12.3. The number of carbonyl (C=O) groups excluding carboxylic acids is 3. The van der Waals surface area contributed by atoms with Crippen LogP contribution >= 0.6 is 31.9 Å². The van der Waals surface area contributed by atoms with Crippen molar-refractivity contribution in [2.24, 2.45) is 5.92 Å². The molecule has 1 saturated heterocycles. The molecule has 0 aliphatic carbocycles. The number of aromatic nitrogens is 5. The third-order valence-corrected chi connectivity index (χ3v) is 17.6. The number of aryl methyl sites for hydroxylation is 4. The lowest BCUT2D eigenvalue weighted by Gasteiger charge is -2.28. The molecule has 16 heteroatoms. The number of ether oxygens (including phenoxy) is 1. The van der Waals surface area contributed by atoms with Crippen molar-refractivity contribution in [1.29, 1.82) is 0 Å². The van der Waals surface area contributed by atoms with Gasteiger partial charge in [0.15, 0.2) is 0 Å². The van der Waals surface area contributed by atoms with Gasteiger partial charge in [0, 0.05) is 85.8 Å². The second-order valence-electron chi connectivity index (χ2n) is 24.2. The number of amides is 3. The molecule has 13 nitrogen and oxygen atoms in total. The highest BCUT2D eigenvalue weighted by molar-refractivity contribution is 9.10. The van der Waals surface area contributed by atoms with Crippen LogP contribution in [0.1, 0.15) is 85.4 Å². The number of morpholine rings is 1.